The van der Waals surface area contributed by atoms with Crippen LogP contribution in [0.1, 0.15) is 104 Å². The molecule has 0 aromatic rings. The van der Waals surface area contributed by atoms with Crippen LogP contribution in [0.25, 0.3) is 0 Å². The van der Waals surface area contributed by atoms with E-state index in [4.69, 9.17) is 0 Å². The molecule has 0 heteroatoms. The molecule has 0 bridgehead atoms. The third kappa shape index (κ3) is 5.14. The topological polar surface area (TPSA) is 0 Å². The SMILES string of the molecule is C=CC(CCC1CC(CC)C(CC)C1)CCC1CC2CCCCC2C1. The first kappa shape index (κ1) is 19.5. The number of hydrogen-bond donors (Lipinski definition) is 0. The summed E-state index contributed by atoms with van der Waals surface area (Å²) in [5.74, 6) is 7.14. The quantitative estimate of drug-likeness (QED) is 0.371. The van der Waals surface area contributed by atoms with Crippen LogP contribution in [0, 0.1) is 41.4 Å². The molecule has 3 aliphatic rings. The lowest BCUT2D eigenvalue weighted by Gasteiger charge is -2.24. The van der Waals surface area contributed by atoms with Crippen molar-refractivity contribution >= 4 is 0 Å². The second kappa shape index (κ2) is 9.61. The molecule has 3 fully saturated rings. The van der Waals surface area contributed by atoms with Crippen molar-refractivity contribution in [1.29, 1.82) is 0 Å². The van der Waals surface area contributed by atoms with Crippen molar-refractivity contribution < 1.29 is 0 Å². The van der Waals surface area contributed by atoms with Gasteiger partial charge in [-0.25, -0.2) is 0 Å². The minimum absolute atomic E-state index is 0.795. The van der Waals surface area contributed by atoms with Crippen LogP contribution in [0.3, 0.4) is 0 Å². The molecule has 144 valence electrons. The average molecular weight is 345 g/mol. The molecule has 25 heavy (non-hydrogen) atoms. The van der Waals surface area contributed by atoms with Crippen LogP contribution in [0.2, 0.25) is 0 Å². The largest absolute Gasteiger partial charge is 0.103 e. The van der Waals surface area contributed by atoms with Crippen molar-refractivity contribution in [3.05, 3.63) is 12.7 Å². The fraction of sp³-hybridized carbons (Fsp3) is 0.920. The standard InChI is InChI=1S/C25H44/c1-4-19(11-13-20-15-22(5-2)23(6-3)16-20)12-14-21-17-24-9-7-8-10-25(24)18-21/h4,19-25H,1,5-18H2,2-3H3. The van der Waals surface area contributed by atoms with Crippen molar-refractivity contribution in [3.63, 3.8) is 0 Å². The maximum atomic E-state index is 4.19. The third-order valence-electron chi connectivity index (χ3n) is 8.55. The molecule has 0 saturated heterocycles. The van der Waals surface area contributed by atoms with Crippen LogP contribution in [-0.2, 0) is 0 Å². The van der Waals surface area contributed by atoms with Crippen molar-refractivity contribution in [1.82, 2.24) is 0 Å². The van der Waals surface area contributed by atoms with E-state index in [0.29, 0.717) is 0 Å². The Labute approximate surface area is 158 Å². The predicted molar refractivity (Wildman–Crippen MR) is 111 cm³/mol. The summed E-state index contributed by atoms with van der Waals surface area (Å²) in [4.78, 5) is 0. The summed E-state index contributed by atoms with van der Waals surface area (Å²) in [6.07, 6.45) is 23.2. The normalized spacial score (nSPS) is 39.3. The van der Waals surface area contributed by atoms with Gasteiger partial charge in [-0.1, -0.05) is 58.4 Å². The summed E-state index contributed by atoms with van der Waals surface area (Å²) in [7, 11) is 0. The minimum Gasteiger partial charge on any atom is -0.103 e. The summed E-state index contributed by atoms with van der Waals surface area (Å²) in [6, 6.07) is 0. The molecule has 0 N–H and O–H groups in total. The summed E-state index contributed by atoms with van der Waals surface area (Å²) < 4.78 is 0. The van der Waals surface area contributed by atoms with Crippen molar-refractivity contribution in [2.45, 2.75) is 104 Å². The van der Waals surface area contributed by atoms with E-state index in [9.17, 15) is 0 Å². The van der Waals surface area contributed by atoms with E-state index in [0.717, 1.165) is 41.4 Å². The van der Waals surface area contributed by atoms with Crippen LogP contribution in [0.15, 0.2) is 12.7 Å². The molecular weight excluding hydrogens is 300 g/mol. The van der Waals surface area contributed by atoms with Crippen LogP contribution >= 0.6 is 0 Å². The number of rotatable bonds is 9. The summed E-state index contributed by atoms with van der Waals surface area (Å²) in [6.45, 7) is 8.99. The van der Waals surface area contributed by atoms with Gasteiger partial charge in [-0.2, -0.15) is 0 Å². The van der Waals surface area contributed by atoms with Gasteiger partial charge in [-0.15, -0.1) is 6.58 Å². The summed E-state index contributed by atoms with van der Waals surface area (Å²) >= 11 is 0. The Morgan fingerprint density at radius 1 is 0.800 bits per heavy atom. The highest BCUT2D eigenvalue weighted by atomic mass is 14.4. The Hall–Kier alpha value is -0.260. The lowest BCUT2D eigenvalue weighted by molar-refractivity contribution is 0.277. The highest BCUT2D eigenvalue weighted by molar-refractivity contribution is 4.89. The fourth-order valence-corrected chi connectivity index (χ4v) is 6.95. The Morgan fingerprint density at radius 3 is 1.72 bits per heavy atom. The van der Waals surface area contributed by atoms with E-state index in [1.54, 1.807) is 25.7 Å². The van der Waals surface area contributed by atoms with Crippen LogP contribution in [0.4, 0.5) is 0 Å². The van der Waals surface area contributed by atoms with E-state index in [1.807, 2.05) is 0 Å². The van der Waals surface area contributed by atoms with Gasteiger partial charge < -0.3 is 0 Å². The van der Waals surface area contributed by atoms with E-state index >= 15 is 0 Å². The fourth-order valence-electron chi connectivity index (χ4n) is 6.95. The molecule has 0 aromatic heterocycles. The highest BCUT2D eigenvalue weighted by Gasteiger charge is 2.35. The van der Waals surface area contributed by atoms with Crippen LogP contribution < -0.4 is 0 Å². The average Bonchev–Trinajstić information content (AvgIpc) is 3.24. The second-order valence-electron chi connectivity index (χ2n) is 9.97. The zero-order valence-corrected chi connectivity index (χ0v) is 17.2. The van der Waals surface area contributed by atoms with Crippen molar-refractivity contribution in [2.24, 2.45) is 41.4 Å². The molecule has 0 spiro atoms. The molecule has 3 saturated carbocycles. The molecular formula is C25H44. The Morgan fingerprint density at radius 2 is 1.28 bits per heavy atom. The molecule has 3 rings (SSSR count). The predicted octanol–water partition coefficient (Wildman–Crippen LogP) is 8.03. The molecule has 0 radical (unpaired) electrons. The Balaban J connectivity index is 1.36. The first-order chi connectivity index (χ1) is 12.2. The van der Waals surface area contributed by atoms with Gasteiger partial charge in [0.2, 0.25) is 0 Å². The monoisotopic (exact) mass is 344 g/mol. The smallest absolute Gasteiger partial charge is 0.0236 e. The molecule has 0 aliphatic heterocycles. The van der Waals surface area contributed by atoms with E-state index in [-0.39, 0.29) is 0 Å². The maximum Gasteiger partial charge on any atom is -0.0236 e. The lowest BCUT2D eigenvalue weighted by Crippen LogP contribution is -2.12. The van der Waals surface area contributed by atoms with Crippen LogP contribution in [-0.4, -0.2) is 0 Å². The van der Waals surface area contributed by atoms with Gasteiger partial charge in [0.05, 0.1) is 0 Å². The first-order valence-corrected chi connectivity index (χ1v) is 11.9. The van der Waals surface area contributed by atoms with Crippen LogP contribution in [0.5, 0.6) is 0 Å². The molecule has 5 atom stereocenters. The van der Waals surface area contributed by atoms with Crippen molar-refractivity contribution in [3.8, 4) is 0 Å². The van der Waals surface area contributed by atoms with Gasteiger partial charge in [-0.3, -0.25) is 0 Å². The summed E-state index contributed by atoms with van der Waals surface area (Å²) in [5, 5.41) is 0. The maximum absolute atomic E-state index is 4.19. The molecule has 0 aromatic carbocycles. The van der Waals surface area contributed by atoms with E-state index in [2.05, 4.69) is 26.5 Å². The van der Waals surface area contributed by atoms with E-state index in [1.165, 1.54) is 64.2 Å². The minimum atomic E-state index is 0.795. The van der Waals surface area contributed by atoms with Gasteiger partial charge >= 0.3 is 0 Å². The molecule has 0 amide bonds. The van der Waals surface area contributed by atoms with Gasteiger partial charge in [0.1, 0.15) is 0 Å². The summed E-state index contributed by atoms with van der Waals surface area (Å²) in [5.41, 5.74) is 0. The zero-order valence-electron chi connectivity index (χ0n) is 17.2. The Bertz CT molecular complexity index is 351. The zero-order chi connectivity index (χ0) is 17.6. The van der Waals surface area contributed by atoms with Gasteiger partial charge in [0.25, 0.3) is 0 Å². The van der Waals surface area contributed by atoms with E-state index < -0.39 is 0 Å². The molecule has 5 unspecified atom stereocenters. The Kier molecular flexibility index (Phi) is 7.50. The van der Waals surface area contributed by atoms with Gasteiger partial charge in [0.15, 0.2) is 0 Å². The molecule has 3 aliphatic carbocycles. The van der Waals surface area contributed by atoms with Gasteiger partial charge in [0, 0.05) is 0 Å². The molecule has 0 nitrogen and oxygen atoms in total. The number of allylic oxidation sites excluding steroid dienone is 1. The number of fused-ring (bicyclic) bond motifs is 1. The van der Waals surface area contributed by atoms with Gasteiger partial charge in [-0.05, 0) is 92.8 Å². The molecule has 0 heterocycles. The van der Waals surface area contributed by atoms with Crippen molar-refractivity contribution in [2.75, 3.05) is 0 Å². The second-order valence-corrected chi connectivity index (χ2v) is 9.97. The first-order valence-electron chi connectivity index (χ1n) is 11.9. The lowest BCUT2D eigenvalue weighted by atomic mass is 9.82. The number of hydrogen-bond acceptors (Lipinski definition) is 0. The highest BCUT2D eigenvalue weighted by Crippen LogP contribution is 2.47. The third-order valence-corrected chi connectivity index (χ3v) is 8.55.